The summed E-state index contributed by atoms with van der Waals surface area (Å²) in [6.45, 7) is 4.37. The zero-order chi connectivity index (χ0) is 16.7. The molecular weight excluding hydrogens is 290 g/mol. The van der Waals surface area contributed by atoms with Crippen LogP contribution in [-0.2, 0) is 4.79 Å². The van der Waals surface area contributed by atoms with Crippen molar-refractivity contribution in [2.75, 3.05) is 26.7 Å². The molecule has 2 rings (SSSR count). The van der Waals surface area contributed by atoms with Crippen LogP contribution in [0.25, 0.3) is 0 Å². The SMILES string of the molecule is CNCCC1CCN(C(=O)C(C)NC(=O)c2ccccc2)CC1. The van der Waals surface area contributed by atoms with E-state index in [0.717, 1.165) is 32.5 Å². The fraction of sp³-hybridized carbons (Fsp3) is 0.556. The molecule has 2 amide bonds. The highest BCUT2D eigenvalue weighted by Gasteiger charge is 2.26. The fourth-order valence-electron chi connectivity index (χ4n) is 3.00. The van der Waals surface area contributed by atoms with Gasteiger partial charge in [0.2, 0.25) is 5.91 Å². The van der Waals surface area contributed by atoms with E-state index in [1.807, 2.05) is 30.1 Å². The third kappa shape index (κ3) is 5.06. The third-order valence-electron chi connectivity index (χ3n) is 4.48. The zero-order valence-electron chi connectivity index (χ0n) is 14.0. The number of nitrogens with zero attached hydrogens (tertiary/aromatic N) is 1. The Bertz CT molecular complexity index is 510. The van der Waals surface area contributed by atoms with Crippen LogP contribution in [0.1, 0.15) is 36.5 Å². The lowest BCUT2D eigenvalue weighted by molar-refractivity contribution is -0.134. The van der Waals surface area contributed by atoms with E-state index in [1.54, 1.807) is 19.1 Å². The Morgan fingerprint density at radius 1 is 1.22 bits per heavy atom. The van der Waals surface area contributed by atoms with Gasteiger partial charge in [-0.2, -0.15) is 0 Å². The van der Waals surface area contributed by atoms with Gasteiger partial charge in [-0.15, -0.1) is 0 Å². The van der Waals surface area contributed by atoms with Gasteiger partial charge in [-0.25, -0.2) is 0 Å². The van der Waals surface area contributed by atoms with Crippen LogP contribution in [0.4, 0.5) is 0 Å². The molecule has 1 aromatic rings. The molecule has 0 spiro atoms. The number of hydrogen-bond acceptors (Lipinski definition) is 3. The lowest BCUT2D eigenvalue weighted by atomic mass is 9.93. The summed E-state index contributed by atoms with van der Waals surface area (Å²) in [5.41, 5.74) is 0.581. The molecule has 0 saturated carbocycles. The quantitative estimate of drug-likeness (QED) is 0.839. The number of likely N-dealkylation sites (tertiary alicyclic amines) is 1. The lowest BCUT2D eigenvalue weighted by Crippen LogP contribution is -2.49. The molecule has 1 aliphatic rings. The van der Waals surface area contributed by atoms with E-state index in [-0.39, 0.29) is 11.8 Å². The van der Waals surface area contributed by atoms with Gasteiger partial charge in [0.1, 0.15) is 6.04 Å². The van der Waals surface area contributed by atoms with Crippen LogP contribution in [0.2, 0.25) is 0 Å². The minimum atomic E-state index is -0.489. The smallest absolute Gasteiger partial charge is 0.251 e. The predicted octanol–water partition coefficient (Wildman–Crippen LogP) is 1.65. The highest BCUT2D eigenvalue weighted by Crippen LogP contribution is 2.20. The van der Waals surface area contributed by atoms with Crippen molar-refractivity contribution in [3.8, 4) is 0 Å². The number of carbonyl (C=O) groups is 2. The molecule has 126 valence electrons. The van der Waals surface area contributed by atoms with Gasteiger partial charge in [0.25, 0.3) is 5.91 Å². The van der Waals surface area contributed by atoms with E-state index < -0.39 is 6.04 Å². The third-order valence-corrected chi connectivity index (χ3v) is 4.48. The van der Waals surface area contributed by atoms with Gasteiger partial charge < -0.3 is 15.5 Å². The maximum Gasteiger partial charge on any atom is 0.251 e. The molecule has 1 aliphatic heterocycles. The summed E-state index contributed by atoms with van der Waals surface area (Å²) in [6.07, 6.45) is 3.26. The number of rotatable bonds is 6. The number of carbonyl (C=O) groups excluding carboxylic acids is 2. The molecule has 1 atom stereocenters. The Morgan fingerprint density at radius 2 is 1.87 bits per heavy atom. The van der Waals surface area contributed by atoms with Crippen molar-refractivity contribution in [3.05, 3.63) is 35.9 Å². The molecule has 5 nitrogen and oxygen atoms in total. The van der Waals surface area contributed by atoms with Gasteiger partial charge in [0.15, 0.2) is 0 Å². The second-order valence-corrected chi connectivity index (χ2v) is 6.22. The van der Waals surface area contributed by atoms with Gasteiger partial charge >= 0.3 is 0 Å². The van der Waals surface area contributed by atoms with Crippen LogP contribution < -0.4 is 10.6 Å². The monoisotopic (exact) mass is 317 g/mol. The number of benzene rings is 1. The zero-order valence-corrected chi connectivity index (χ0v) is 14.0. The van der Waals surface area contributed by atoms with Gasteiger partial charge in [-0.3, -0.25) is 9.59 Å². The standard InChI is InChI=1S/C18H27N3O2/c1-14(20-17(22)16-6-4-3-5-7-16)18(23)21-12-9-15(10-13-21)8-11-19-2/h3-7,14-15,19H,8-13H2,1-2H3,(H,20,22). The van der Waals surface area contributed by atoms with Crippen LogP contribution in [0.3, 0.4) is 0 Å². The van der Waals surface area contributed by atoms with Crippen molar-refractivity contribution in [3.63, 3.8) is 0 Å². The first-order valence-corrected chi connectivity index (χ1v) is 8.41. The van der Waals surface area contributed by atoms with E-state index in [0.29, 0.717) is 11.5 Å². The summed E-state index contributed by atoms with van der Waals surface area (Å²) in [7, 11) is 1.97. The first kappa shape index (κ1) is 17.5. The number of piperidine rings is 1. The second kappa shape index (κ2) is 8.67. The Morgan fingerprint density at radius 3 is 2.48 bits per heavy atom. The number of nitrogens with one attached hydrogen (secondary N) is 2. The van der Waals surface area contributed by atoms with Crippen molar-refractivity contribution in [2.45, 2.75) is 32.2 Å². The minimum Gasteiger partial charge on any atom is -0.341 e. The van der Waals surface area contributed by atoms with Gasteiger partial charge in [-0.1, -0.05) is 18.2 Å². The van der Waals surface area contributed by atoms with Crippen molar-refractivity contribution < 1.29 is 9.59 Å². The van der Waals surface area contributed by atoms with Crippen LogP contribution in [-0.4, -0.2) is 49.4 Å². The molecule has 1 unspecified atom stereocenters. The first-order valence-electron chi connectivity index (χ1n) is 8.41. The number of hydrogen-bond donors (Lipinski definition) is 2. The molecular formula is C18H27N3O2. The van der Waals surface area contributed by atoms with E-state index in [4.69, 9.17) is 0 Å². The Kier molecular flexibility index (Phi) is 6.59. The van der Waals surface area contributed by atoms with E-state index in [1.165, 1.54) is 6.42 Å². The summed E-state index contributed by atoms with van der Waals surface area (Å²) < 4.78 is 0. The maximum absolute atomic E-state index is 12.5. The molecule has 1 heterocycles. The van der Waals surface area contributed by atoms with Crippen LogP contribution in [0.5, 0.6) is 0 Å². The van der Waals surface area contributed by atoms with Crippen LogP contribution >= 0.6 is 0 Å². The molecule has 0 radical (unpaired) electrons. The van der Waals surface area contributed by atoms with Gasteiger partial charge in [0.05, 0.1) is 0 Å². The Hall–Kier alpha value is -1.88. The lowest BCUT2D eigenvalue weighted by Gasteiger charge is -2.33. The Labute approximate surface area is 138 Å². The second-order valence-electron chi connectivity index (χ2n) is 6.22. The van der Waals surface area contributed by atoms with E-state index in [9.17, 15) is 9.59 Å². The summed E-state index contributed by atoms with van der Waals surface area (Å²) in [6, 6.07) is 8.51. The number of amides is 2. The molecule has 1 aromatic carbocycles. The maximum atomic E-state index is 12.5. The normalized spacial score (nSPS) is 16.9. The fourth-order valence-corrected chi connectivity index (χ4v) is 3.00. The van der Waals surface area contributed by atoms with Crippen molar-refractivity contribution >= 4 is 11.8 Å². The predicted molar refractivity (Wildman–Crippen MR) is 91.2 cm³/mol. The Balaban J connectivity index is 1.80. The van der Waals surface area contributed by atoms with Crippen molar-refractivity contribution in [1.82, 2.24) is 15.5 Å². The largest absolute Gasteiger partial charge is 0.341 e. The van der Waals surface area contributed by atoms with E-state index >= 15 is 0 Å². The molecule has 1 fully saturated rings. The van der Waals surface area contributed by atoms with Crippen molar-refractivity contribution in [1.29, 1.82) is 0 Å². The molecule has 0 bridgehead atoms. The van der Waals surface area contributed by atoms with Gasteiger partial charge in [-0.05, 0) is 57.8 Å². The highest BCUT2D eigenvalue weighted by molar-refractivity contribution is 5.97. The molecule has 23 heavy (non-hydrogen) atoms. The molecule has 5 heteroatoms. The molecule has 1 saturated heterocycles. The van der Waals surface area contributed by atoms with Crippen molar-refractivity contribution in [2.24, 2.45) is 5.92 Å². The average Bonchev–Trinajstić information content (AvgIpc) is 2.60. The summed E-state index contributed by atoms with van der Waals surface area (Å²) >= 11 is 0. The minimum absolute atomic E-state index is 0.0151. The highest BCUT2D eigenvalue weighted by atomic mass is 16.2. The molecule has 0 aliphatic carbocycles. The molecule has 0 aromatic heterocycles. The van der Waals surface area contributed by atoms with Crippen LogP contribution in [0, 0.1) is 5.92 Å². The average molecular weight is 317 g/mol. The first-order chi connectivity index (χ1) is 11.1. The van der Waals surface area contributed by atoms with E-state index in [2.05, 4.69) is 10.6 Å². The summed E-state index contributed by atoms with van der Waals surface area (Å²) in [5.74, 6) is 0.511. The summed E-state index contributed by atoms with van der Waals surface area (Å²) in [4.78, 5) is 26.5. The topological polar surface area (TPSA) is 61.4 Å². The van der Waals surface area contributed by atoms with Gasteiger partial charge in [0, 0.05) is 18.7 Å². The van der Waals surface area contributed by atoms with Crippen LogP contribution in [0.15, 0.2) is 30.3 Å². The summed E-state index contributed by atoms with van der Waals surface area (Å²) in [5, 5.41) is 5.97. The molecule has 2 N–H and O–H groups in total.